The van der Waals surface area contributed by atoms with Crippen LogP contribution in [-0.4, -0.2) is 165 Å². The molecule has 29 heteroatoms. The fourth-order valence-electron chi connectivity index (χ4n) is 17.6. The van der Waals surface area contributed by atoms with Crippen LogP contribution in [0.25, 0.3) is 0 Å². The Morgan fingerprint density at radius 2 is 0.877 bits per heavy atom. The number of methoxy groups -OCH3 is 2. The van der Waals surface area contributed by atoms with Gasteiger partial charge in [-0.3, -0.25) is 32.7 Å². The Labute approximate surface area is 830 Å². The summed E-state index contributed by atoms with van der Waals surface area (Å²) in [5, 5.41) is 6.01. The third-order valence-electron chi connectivity index (χ3n) is 25.3. The number of hydrogen-bond donors (Lipinski definition) is 2. The smallest absolute Gasteiger partial charge is 0.418 e. The molecular weight excluding hydrogens is 1820 g/mol. The molecule has 2 fully saturated rings. The number of aliphatic imine (C=N–C) groups is 2. The number of ether oxygens (including phenoxy) is 6. The predicted octanol–water partition coefficient (Wildman–Crippen LogP) is 26.3. The standard InChI is InChI=1S/C60H83N5O8S2.C49H68N4O8S2/c1-5-8-10-12-14-15-16-17-18-19-20-21-22-23-24-33-43-64-56(61-50-37-29-32-40-54(50)75(64,69)70)55(65-58(67)59(72-7-3)63(60(65)68)46-47-35-27-26-28-36-47)57(66)62-49-42-41-48(71-4)45-53(49)74-52-39-31-30-38-51(52)73-44-34-25-13-11-9-6-2;1-7-8-9-10-11-12-13-14-15-16-17-18-19-20-21-24-31-52-45(50-38-25-22-23-26-43(38)63(52,57)58)44(53-47(55)49(4,5)61-48(53)56)46(54)51-39-34-36(2)28-30-41(39)62-42-35-37(3)27-29-40(42)60-33-32-59-6/h26-32,35-42,45,55,59H,5-25,33-34,43-44,46H2,1-4H3,(H,62,66);22-23,25-30,34-35,44H,7-21,24,31-33H2,1-6H3,(H,51,54). The van der Waals surface area contributed by atoms with Gasteiger partial charge in [0.25, 0.3) is 43.7 Å². The first-order chi connectivity index (χ1) is 66.9. The number of cyclic esters (lactones) is 1. The zero-order valence-electron chi connectivity index (χ0n) is 83.4. The van der Waals surface area contributed by atoms with Gasteiger partial charge in [0.1, 0.15) is 33.6 Å². The van der Waals surface area contributed by atoms with Crippen LogP contribution in [0.3, 0.4) is 0 Å². The minimum absolute atomic E-state index is 0.00293. The summed E-state index contributed by atoms with van der Waals surface area (Å²) < 4.78 is 95.8. The highest BCUT2D eigenvalue weighted by atomic mass is 32.2. The number of amides is 7. The van der Waals surface area contributed by atoms with E-state index in [0.29, 0.717) is 76.0 Å². The Morgan fingerprint density at radius 3 is 1.37 bits per heavy atom. The van der Waals surface area contributed by atoms with Crippen LogP contribution in [0.5, 0.6) is 17.2 Å². The maximum absolute atomic E-state index is 15.5. The van der Waals surface area contributed by atoms with Crippen molar-refractivity contribution in [1.29, 1.82) is 0 Å². The molecule has 2 saturated heterocycles. The molecule has 7 amide bonds. The molecule has 0 radical (unpaired) electrons. The van der Waals surface area contributed by atoms with Crippen molar-refractivity contribution >= 4 is 114 Å². The van der Waals surface area contributed by atoms with Crippen molar-refractivity contribution < 1.29 is 74.0 Å². The summed E-state index contributed by atoms with van der Waals surface area (Å²) in [5.74, 6) is -1.89. The molecule has 752 valence electrons. The monoisotopic (exact) mass is 1970 g/mol. The predicted molar refractivity (Wildman–Crippen MR) is 552 cm³/mol. The summed E-state index contributed by atoms with van der Waals surface area (Å²) in [6.07, 6.45) is 41.6. The van der Waals surface area contributed by atoms with E-state index in [9.17, 15) is 40.8 Å². The van der Waals surface area contributed by atoms with Gasteiger partial charge in [-0.2, -0.15) is 0 Å². The average Bonchev–Trinajstić information content (AvgIpc) is 1.54. The van der Waals surface area contributed by atoms with Gasteiger partial charge in [-0.25, -0.2) is 46.2 Å². The maximum atomic E-state index is 15.5. The first-order valence-electron chi connectivity index (χ1n) is 50.9. The number of anilines is 2. The van der Waals surface area contributed by atoms with E-state index in [-0.39, 0.29) is 59.1 Å². The number of hydrogen-bond acceptors (Lipinski definition) is 20. The quantitative estimate of drug-likeness (QED) is 0.0264. The lowest BCUT2D eigenvalue weighted by atomic mass is 10.0. The maximum Gasteiger partial charge on any atom is 0.418 e. The molecule has 3 atom stereocenters. The number of rotatable bonds is 63. The Hall–Kier alpha value is -9.78. The molecule has 0 bridgehead atoms. The normalized spacial score (nSPS) is 15.6. The number of aryl methyl sites for hydroxylation is 2. The molecule has 2 N–H and O–H groups in total. The van der Waals surface area contributed by atoms with Crippen molar-refractivity contribution in [3.05, 3.63) is 174 Å². The minimum atomic E-state index is -4.34. The molecule has 7 aromatic carbocycles. The summed E-state index contributed by atoms with van der Waals surface area (Å²) >= 11 is 2.74. The number of amidine groups is 2. The van der Waals surface area contributed by atoms with Crippen LogP contribution in [0.15, 0.2) is 197 Å². The summed E-state index contributed by atoms with van der Waals surface area (Å²) in [7, 11) is -5.44. The number of imide groups is 2. The van der Waals surface area contributed by atoms with Crippen molar-refractivity contribution in [2.45, 2.75) is 359 Å². The first kappa shape index (κ1) is 110. The number of nitrogens with one attached hydrogen (secondary N) is 2. The van der Waals surface area contributed by atoms with Gasteiger partial charge in [-0.05, 0) is 149 Å². The fraction of sp³-hybridized carbons (Fsp3) is 0.541. The van der Waals surface area contributed by atoms with Gasteiger partial charge in [0.2, 0.25) is 6.23 Å². The van der Waals surface area contributed by atoms with Crippen LogP contribution >= 0.6 is 23.5 Å². The summed E-state index contributed by atoms with van der Waals surface area (Å²) in [5.41, 5.74) is 1.92. The minimum Gasteiger partial charge on any atom is -0.497 e. The summed E-state index contributed by atoms with van der Waals surface area (Å²) in [6.45, 7) is 16.5. The third-order valence-corrected chi connectivity index (χ3v) is 31.2. The highest BCUT2D eigenvalue weighted by Crippen LogP contribution is 2.45. The van der Waals surface area contributed by atoms with E-state index >= 15 is 4.79 Å². The molecule has 0 aliphatic carbocycles. The molecule has 0 aromatic heterocycles. The van der Waals surface area contributed by atoms with Crippen LogP contribution < -0.4 is 24.8 Å². The van der Waals surface area contributed by atoms with Gasteiger partial charge in [0.05, 0.1) is 59.4 Å². The Bertz CT molecular complexity index is 5350. The number of nitrogens with zero attached hydrogens (tertiary/aromatic N) is 7. The zero-order chi connectivity index (χ0) is 98.7. The number of para-hydroxylation sites is 3. The van der Waals surface area contributed by atoms with Crippen LogP contribution in [0.2, 0.25) is 0 Å². The second kappa shape index (κ2) is 57.8. The second-order valence-corrected chi connectivity index (χ2v) is 42.6. The Kier molecular flexibility index (Phi) is 46.2. The lowest BCUT2D eigenvalue weighted by Crippen LogP contribution is -2.59. The molecule has 3 unspecified atom stereocenters. The number of carbonyl (C=O) groups excluding carboxylic acids is 6. The van der Waals surface area contributed by atoms with Crippen molar-refractivity contribution in [1.82, 2.24) is 23.3 Å². The van der Waals surface area contributed by atoms with E-state index < -0.39 is 79.7 Å². The van der Waals surface area contributed by atoms with Crippen LogP contribution in [0, 0.1) is 13.8 Å². The molecular formula is C109H151N9O16S4. The van der Waals surface area contributed by atoms with Gasteiger partial charge in [0.15, 0.2) is 29.4 Å². The van der Waals surface area contributed by atoms with E-state index in [4.69, 9.17) is 38.4 Å². The molecule has 4 aliphatic heterocycles. The average molecular weight is 1970 g/mol. The number of sulfonamides is 2. The van der Waals surface area contributed by atoms with Crippen LogP contribution in [-0.2, 0) is 60.0 Å². The third kappa shape index (κ3) is 32.1. The van der Waals surface area contributed by atoms with Gasteiger partial charge < -0.3 is 39.1 Å². The van der Waals surface area contributed by atoms with E-state index in [0.717, 1.165) is 111 Å². The number of unbranched alkanes of at least 4 members (excludes halogenated alkanes) is 35. The first-order valence-corrected chi connectivity index (χ1v) is 55.4. The Morgan fingerprint density at radius 1 is 0.442 bits per heavy atom. The van der Waals surface area contributed by atoms with E-state index in [1.807, 2.05) is 98.8 Å². The highest BCUT2D eigenvalue weighted by molar-refractivity contribution is 8.00. The summed E-state index contributed by atoms with van der Waals surface area (Å²) in [4.78, 5) is 103. The molecule has 4 heterocycles. The molecule has 138 heavy (non-hydrogen) atoms. The van der Waals surface area contributed by atoms with Crippen molar-refractivity contribution in [3.63, 3.8) is 0 Å². The van der Waals surface area contributed by atoms with Gasteiger partial charge in [0, 0.05) is 36.6 Å². The van der Waals surface area contributed by atoms with Crippen LogP contribution in [0.4, 0.5) is 32.3 Å². The van der Waals surface area contributed by atoms with E-state index in [2.05, 4.69) is 31.4 Å². The van der Waals surface area contributed by atoms with E-state index in [1.54, 1.807) is 81.8 Å². The number of fused-ring (bicyclic) bond motifs is 2. The summed E-state index contributed by atoms with van der Waals surface area (Å²) in [6, 6.07) is 41.7. The molecule has 25 nitrogen and oxygen atoms in total. The topological polar surface area (TPSA) is 291 Å². The van der Waals surface area contributed by atoms with Gasteiger partial charge >= 0.3 is 12.1 Å². The molecule has 7 aromatic rings. The van der Waals surface area contributed by atoms with Crippen LogP contribution in [0.1, 0.15) is 302 Å². The van der Waals surface area contributed by atoms with Crippen molar-refractivity contribution in [2.75, 3.05) is 64.4 Å². The zero-order valence-corrected chi connectivity index (χ0v) is 86.6. The van der Waals surface area contributed by atoms with E-state index in [1.165, 1.54) is 215 Å². The fourth-order valence-corrected chi connectivity index (χ4v) is 22.9. The molecule has 11 rings (SSSR count). The number of carbonyl (C=O) groups is 6. The van der Waals surface area contributed by atoms with Gasteiger partial charge in [-0.15, -0.1) is 0 Å². The Balaban J connectivity index is 0.000000289. The van der Waals surface area contributed by atoms with Crippen molar-refractivity contribution in [3.8, 4) is 17.2 Å². The molecule has 0 saturated carbocycles. The highest BCUT2D eigenvalue weighted by Gasteiger charge is 2.57. The lowest BCUT2D eigenvalue weighted by Gasteiger charge is -2.35. The van der Waals surface area contributed by atoms with Crippen molar-refractivity contribution in [2.24, 2.45) is 9.98 Å². The lowest BCUT2D eigenvalue weighted by molar-refractivity contribution is -0.144. The molecule has 0 spiro atoms. The number of urea groups is 1. The largest absolute Gasteiger partial charge is 0.497 e. The molecule has 4 aliphatic rings. The SMILES string of the molecule is CCCCCCCCCCCCCCCCCCN1C(C(C(=O)Nc2cc(C)ccc2Sc2cc(C)ccc2OCCOC)N2C(=O)OC(C)(C)C2=O)=Nc2ccccc2S1(=O)=O.CCCCCCCCCCCCCCCCCCN1C(C(C(=O)Nc2ccc(OC)cc2Sc2ccccc2OCCCCCCCC)N2C(=O)C(OCC)N(Cc3ccccc3)C2=O)=Nc2ccccc2S1(=O)=O. The number of benzene rings is 7. The van der Waals surface area contributed by atoms with Gasteiger partial charge in [-0.1, -0.05) is 348 Å². The second-order valence-electron chi connectivity index (χ2n) is 36.8.